The van der Waals surface area contributed by atoms with Crippen LogP contribution in [0.5, 0.6) is 0 Å². The van der Waals surface area contributed by atoms with Crippen LogP contribution in [0.1, 0.15) is 6.42 Å². The summed E-state index contributed by atoms with van der Waals surface area (Å²) in [5.74, 6) is -3.12. The molecule has 7 nitrogen and oxygen atoms in total. The van der Waals surface area contributed by atoms with Gasteiger partial charge in [0.2, 0.25) is 11.8 Å². The maximum absolute atomic E-state index is 13.2. The van der Waals surface area contributed by atoms with Gasteiger partial charge in [0.05, 0.1) is 42.9 Å². The average molecular weight is 381 g/mol. The fourth-order valence-corrected chi connectivity index (χ4v) is 6.09. The molecule has 7 heteroatoms. The van der Waals surface area contributed by atoms with Crippen molar-refractivity contribution in [2.24, 2.45) is 35.5 Å². The van der Waals surface area contributed by atoms with E-state index in [-0.39, 0.29) is 35.5 Å². The molecule has 28 heavy (non-hydrogen) atoms. The zero-order valence-electron chi connectivity index (χ0n) is 15.5. The maximum atomic E-state index is 13.2. The van der Waals surface area contributed by atoms with Gasteiger partial charge in [0.1, 0.15) is 0 Å². The number of hydrogen-bond donors (Lipinski definition) is 0. The van der Waals surface area contributed by atoms with E-state index in [0.29, 0.717) is 23.3 Å². The van der Waals surface area contributed by atoms with E-state index in [9.17, 15) is 19.2 Å². The van der Waals surface area contributed by atoms with Crippen molar-refractivity contribution >= 4 is 29.4 Å². The second-order valence-corrected chi connectivity index (χ2v) is 7.82. The third-order valence-electron chi connectivity index (χ3n) is 6.96. The first-order valence-corrected chi connectivity index (χ1v) is 9.34. The average Bonchev–Trinajstić information content (AvgIpc) is 3.29. The number of carbonyl (C=O) groups is 4. The summed E-state index contributed by atoms with van der Waals surface area (Å²) in [5.41, 5.74) is 1.21. The summed E-state index contributed by atoms with van der Waals surface area (Å²) in [5, 5.41) is 0. The molecule has 1 saturated heterocycles. The summed E-state index contributed by atoms with van der Waals surface area (Å²) in [6, 6.07) is 8.88. The Morgan fingerprint density at radius 3 is 1.71 bits per heavy atom. The van der Waals surface area contributed by atoms with Crippen molar-refractivity contribution < 1.29 is 28.7 Å². The molecule has 2 amide bonds. The molecule has 1 aromatic carbocycles. The van der Waals surface area contributed by atoms with Crippen LogP contribution in [0.3, 0.4) is 0 Å². The fourth-order valence-electron chi connectivity index (χ4n) is 6.09. The van der Waals surface area contributed by atoms with Crippen LogP contribution >= 0.6 is 0 Å². The quantitative estimate of drug-likeness (QED) is 0.580. The van der Waals surface area contributed by atoms with Crippen molar-refractivity contribution in [3.63, 3.8) is 0 Å². The van der Waals surface area contributed by atoms with E-state index in [0.717, 1.165) is 0 Å². The summed E-state index contributed by atoms with van der Waals surface area (Å²) in [7, 11) is 2.55. The standard InChI is InChI=1S/C21H19NO6/c1-27-20(25)16-12-10-8-11(13(12)17(16)21(26)28-2)15-14(10)18(23)22(19(15)24)9-6-4-3-5-7-9/h3-7,10-15H,8H2,1-2H3/t10-,11+,12?,13?,14?,15?. The van der Waals surface area contributed by atoms with E-state index < -0.39 is 23.8 Å². The first kappa shape index (κ1) is 17.2. The molecule has 4 aliphatic rings. The van der Waals surface area contributed by atoms with Gasteiger partial charge in [-0.15, -0.1) is 0 Å². The van der Waals surface area contributed by atoms with Gasteiger partial charge < -0.3 is 9.47 Å². The van der Waals surface area contributed by atoms with Crippen molar-refractivity contribution in [3.05, 3.63) is 41.5 Å². The van der Waals surface area contributed by atoms with Crippen LogP contribution in [-0.4, -0.2) is 38.0 Å². The molecule has 0 radical (unpaired) electrons. The van der Waals surface area contributed by atoms with Gasteiger partial charge in [-0.25, -0.2) is 9.59 Å². The molecule has 2 saturated carbocycles. The van der Waals surface area contributed by atoms with E-state index in [1.54, 1.807) is 24.3 Å². The third-order valence-corrected chi connectivity index (χ3v) is 6.96. The lowest BCUT2D eigenvalue weighted by Crippen LogP contribution is -2.48. The lowest BCUT2D eigenvalue weighted by atomic mass is 9.56. The van der Waals surface area contributed by atoms with Gasteiger partial charge in [-0.3, -0.25) is 14.5 Å². The van der Waals surface area contributed by atoms with Gasteiger partial charge >= 0.3 is 11.9 Å². The lowest BCUT2D eigenvalue weighted by molar-refractivity contribution is -0.144. The number of amides is 2. The van der Waals surface area contributed by atoms with Crippen LogP contribution in [0.4, 0.5) is 5.69 Å². The third kappa shape index (κ3) is 1.89. The summed E-state index contributed by atoms with van der Waals surface area (Å²) in [6.07, 6.45) is 0.658. The molecule has 4 unspecified atom stereocenters. The number of carbonyl (C=O) groups excluding carboxylic acids is 4. The highest BCUT2D eigenvalue weighted by molar-refractivity contribution is 6.23. The number of ether oxygens (including phenoxy) is 2. The van der Waals surface area contributed by atoms with Gasteiger partial charge in [0.15, 0.2) is 0 Å². The predicted octanol–water partition coefficient (Wildman–Crippen LogP) is 1.33. The van der Waals surface area contributed by atoms with Crippen LogP contribution < -0.4 is 4.90 Å². The second-order valence-electron chi connectivity index (χ2n) is 7.82. The molecule has 0 spiro atoms. The number of anilines is 1. The highest BCUT2D eigenvalue weighted by atomic mass is 16.5. The van der Waals surface area contributed by atoms with Gasteiger partial charge in [-0.05, 0) is 30.4 Å². The first-order valence-electron chi connectivity index (χ1n) is 9.34. The second kappa shape index (κ2) is 5.77. The van der Waals surface area contributed by atoms with Crippen molar-refractivity contribution in [2.45, 2.75) is 6.42 Å². The van der Waals surface area contributed by atoms with Crippen molar-refractivity contribution in [3.8, 4) is 0 Å². The Bertz CT molecular complexity index is 895. The van der Waals surface area contributed by atoms with Crippen LogP contribution in [-0.2, 0) is 28.7 Å². The van der Waals surface area contributed by atoms with E-state index in [1.165, 1.54) is 19.1 Å². The van der Waals surface area contributed by atoms with Gasteiger partial charge in [0, 0.05) is 11.8 Å². The number of benzene rings is 1. The monoisotopic (exact) mass is 381 g/mol. The number of imide groups is 1. The minimum Gasteiger partial charge on any atom is -0.466 e. The molecule has 0 N–H and O–H groups in total. The Labute approximate surface area is 161 Å². The van der Waals surface area contributed by atoms with Crippen LogP contribution in [0.25, 0.3) is 0 Å². The smallest absolute Gasteiger partial charge is 0.334 e. The van der Waals surface area contributed by atoms with Crippen molar-refractivity contribution in [1.29, 1.82) is 0 Å². The summed E-state index contributed by atoms with van der Waals surface area (Å²) in [6.45, 7) is 0. The summed E-state index contributed by atoms with van der Waals surface area (Å²) >= 11 is 0. The van der Waals surface area contributed by atoms with Gasteiger partial charge in [0.25, 0.3) is 0 Å². The number of methoxy groups -OCH3 is 2. The van der Waals surface area contributed by atoms with E-state index >= 15 is 0 Å². The Morgan fingerprint density at radius 1 is 0.821 bits per heavy atom. The van der Waals surface area contributed by atoms with E-state index in [4.69, 9.17) is 9.47 Å². The van der Waals surface area contributed by atoms with Crippen LogP contribution in [0.2, 0.25) is 0 Å². The van der Waals surface area contributed by atoms with Crippen molar-refractivity contribution in [2.75, 3.05) is 19.1 Å². The summed E-state index contributed by atoms with van der Waals surface area (Å²) in [4.78, 5) is 52.2. The largest absolute Gasteiger partial charge is 0.466 e. The SMILES string of the molecule is COC(=O)C1=C(C(=O)OC)C2C1[C@@H]1C[C@H]2C2C(=O)N(c3ccccc3)C(=O)C21. The molecule has 0 aromatic heterocycles. The summed E-state index contributed by atoms with van der Waals surface area (Å²) < 4.78 is 9.76. The Morgan fingerprint density at radius 2 is 1.29 bits per heavy atom. The molecule has 144 valence electrons. The lowest BCUT2D eigenvalue weighted by Gasteiger charge is -2.44. The topological polar surface area (TPSA) is 90.0 Å². The maximum Gasteiger partial charge on any atom is 0.334 e. The molecular formula is C21H19NO6. The Hall–Kier alpha value is -2.96. The van der Waals surface area contributed by atoms with Crippen molar-refractivity contribution in [1.82, 2.24) is 0 Å². The van der Waals surface area contributed by atoms with Crippen LogP contribution in [0.15, 0.2) is 41.5 Å². The predicted molar refractivity (Wildman–Crippen MR) is 95.6 cm³/mol. The molecule has 3 aliphatic carbocycles. The number of para-hydroxylation sites is 1. The molecule has 5 rings (SSSR count). The molecule has 1 aromatic rings. The van der Waals surface area contributed by atoms with Gasteiger partial charge in [-0.1, -0.05) is 18.2 Å². The zero-order valence-corrected chi connectivity index (χ0v) is 15.5. The number of esters is 2. The molecular weight excluding hydrogens is 362 g/mol. The molecule has 3 fully saturated rings. The fraction of sp³-hybridized carbons (Fsp3) is 0.429. The first-order chi connectivity index (χ1) is 13.5. The Balaban J connectivity index is 1.55. The zero-order chi connectivity index (χ0) is 19.7. The number of rotatable bonds is 3. The number of hydrogen-bond acceptors (Lipinski definition) is 6. The van der Waals surface area contributed by atoms with Gasteiger partial charge in [-0.2, -0.15) is 0 Å². The molecule has 2 bridgehead atoms. The molecule has 1 heterocycles. The molecule has 1 aliphatic heterocycles. The minimum atomic E-state index is -0.553. The highest BCUT2D eigenvalue weighted by Crippen LogP contribution is 2.69. The minimum absolute atomic E-state index is 0.132. The number of fused-ring (bicyclic) bond motifs is 8. The Kier molecular flexibility index (Phi) is 3.53. The highest BCUT2D eigenvalue weighted by Gasteiger charge is 2.72. The number of nitrogens with zero attached hydrogens (tertiary/aromatic N) is 1. The van der Waals surface area contributed by atoms with E-state index in [1.807, 2.05) is 6.07 Å². The van der Waals surface area contributed by atoms with Crippen LogP contribution in [0, 0.1) is 35.5 Å². The molecule has 6 atom stereocenters. The normalized spacial score (nSPS) is 34.9. The van der Waals surface area contributed by atoms with E-state index in [2.05, 4.69) is 0 Å².